The SMILES string of the molecule is CCc1cccc(C)c1NC(=O)C(CC)Sc1cccc(NC(=O)C2CC=CCC2C(=O)O)c1. The van der Waals surface area contributed by atoms with Crippen molar-refractivity contribution in [2.45, 2.75) is 56.6 Å². The summed E-state index contributed by atoms with van der Waals surface area (Å²) in [5, 5.41) is 15.1. The largest absolute Gasteiger partial charge is 0.481 e. The summed E-state index contributed by atoms with van der Waals surface area (Å²) in [6.45, 7) is 6.04. The first-order valence-electron chi connectivity index (χ1n) is 11.7. The fourth-order valence-corrected chi connectivity index (χ4v) is 5.16. The number of allylic oxidation sites excluding steroid dienone is 2. The van der Waals surface area contributed by atoms with Crippen LogP contribution in [-0.2, 0) is 20.8 Å². The van der Waals surface area contributed by atoms with Gasteiger partial charge >= 0.3 is 5.97 Å². The Morgan fingerprint density at radius 2 is 1.74 bits per heavy atom. The van der Waals surface area contributed by atoms with Crippen molar-refractivity contribution in [3.05, 3.63) is 65.7 Å². The highest BCUT2D eigenvalue weighted by Gasteiger charge is 2.34. The van der Waals surface area contributed by atoms with Crippen LogP contribution in [0.1, 0.15) is 44.2 Å². The lowest BCUT2D eigenvalue weighted by atomic mass is 9.82. The Kier molecular flexibility index (Phi) is 8.93. The highest BCUT2D eigenvalue weighted by molar-refractivity contribution is 8.00. The van der Waals surface area contributed by atoms with Crippen LogP contribution in [0, 0.1) is 18.8 Å². The van der Waals surface area contributed by atoms with Crippen LogP contribution in [-0.4, -0.2) is 28.1 Å². The molecule has 0 saturated carbocycles. The molecule has 0 aromatic heterocycles. The van der Waals surface area contributed by atoms with Gasteiger partial charge in [0.05, 0.1) is 17.1 Å². The van der Waals surface area contributed by atoms with Crippen LogP contribution >= 0.6 is 11.8 Å². The minimum absolute atomic E-state index is 0.0516. The Balaban J connectivity index is 1.69. The van der Waals surface area contributed by atoms with Gasteiger partial charge in [0.1, 0.15) is 0 Å². The third-order valence-electron chi connectivity index (χ3n) is 6.12. The van der Waals surface area contributed by atoms with Gasteiger partial charge in [-0.1, -0.05) is 50.3 Å². The lowest BCUT2D eigenvalue weighted by molar-refractivity contribution is -0.146. The molecule has 0 spiro atoms. The number of benzene rings is 2. The van der Waals surface area contributed by atoms with E-state index >= 15 is 0 Å². The average Bonchev–Trinajstić information content (AvgIpc) is 2.83. The van der Waals surface area contributed by atoms with E-state index in [0.717, 1.165) is 28.1 Å². The van der Waals surface area contributed by atoms with Crippen LogP contribution < -0.4 is 10.6 Å². The molecule has 180 valence electrons. The van der Waals surface area contributed by atoms with Crippen molar-refractivity contribution in [2.75, 3.05) is 10.6 Å². The summed E-state index contributed by atoms with van der Waals surface area (Å²) < 4.78 is 0. The first-order chi connectivity index (χ1) is 16.3. The van der Waals surface area contributed by atoms with E-state index in [1.54, 1.807) is 6.07 Å². The third kappa shape index (κ3) is 6.29. The second-order valence-electron chi connectivity index (χ2n) is 8.48. The smallest absolute Gasteiger partial charge is 0.307 e. The Morgan fingerprint density at radius 1 is 1.03 bits per heavy atom. The molecule has 7 heteroatoms. The molecule has 1 aliphatic carbocycles. The number of para-hydroxylation sites is 1. The van der Waals surface area contributed by atoms with Crippen molar-refractivity contribution >= 4 is 40.9 Å². The van der Waals surface area contributed by atoms with E-state index in [1.165, 1.54) is 11.8 Å². The fraction of sp³-hybridized carbons (Fsp3) is 0.370. The number of hydrogen-bond donors (Lipinski definition) is 3. The maximum atomic E-state index is 13.1. The van der Waals surface area contributed by atoms with Crippen LogP contribution in [0.3, 0.4) is 0 Å². The van der Waals surface area contributed by atoms with Gasteiger partial charge in [0.15, 0.2) is 0 Å². The molecule has 2 aromatic rings. The molecule has 3 rings (SSSR count). The molecule has 0 radical (unpaired) electrons. The van der Waals surface area contributed by atoms with E-state index in [-0.39, 0.29) is 17.1 Å². The van der Waals surface area contributed by atoms with Crippen molar-refractivity contribution in [3.8, 4) is 0 Å². The first kappa shape index (κ1) is 25.6. The highest BCUT2D eigenvalue weighted by Crippen LogP contribution is 2.31. The molecular formula is C27H32N2O4S. The molecule has 0 heterocycles. The monoisotopic (exact) mass is 480 g/mol. The quantitative estimate of drug-likeness (QED) is 0.317. The lowest BCUT2D eigenvalue weighted by Gasteiger charge is -2.24. The minimum Gasteiger partial charge on any atom is -0.481 e. The van der Waals surface area contributed by atoms with Crippen LogP contribution in [0.5, 0.6) is 0 Å². The summed E-state index contributed by atoms with van der Waals surface area (Å²) in [4.78, 5) is 38.3. The summed E-state index contributed by atoms with van der Waals surface area (Å²) in [5.74, 6) is -2.62. The Hall–Kier alpha value is -3.06. The van der Waals surface area contributed by atoms with Crippen molar-refractivity contribution in [1.29, 1.82) is 0 Å². The van der Waals surface area contributed by atoms with Crippen LogP contribution in [0.25, 0.3) is 0 Å². The number of thioether (sulfide) groups is 1. The van der Waals surface area contributed by atoms with Crippen molar-refractivity contribution in [1.82, 2.24) is 0 Å². The predicted octanol–water partition coefficient (Wildman–Crippen LogP) is 5.67. The molecule has 0 saturated heterocycles. The van der Waals surface area contributed by atoms with E-state index < -0.39 is 17.8 Å². The molecule has 34 heavy (non-hydrogen) atoms. The number of rotatable bonds is 9. The number of carboxylic acids is 1. The standard InChI is InChI=1S/C27H32N2O4S/c1-4-18-11-8-10-17(3)24(18)29-26(31)23(5-2)34-20-13-9-12-19(16-20)28-25(30)21-14-6-7-15-22(21)27(32)33/h6-13,16,21-23H,4-5,14-15H2,1-3H3,(H,28,30)(H,29,31)(H,32,33). The molecule has 2 aromatic carbocycles. The highest BCUT2D eigenvalue weighted by atomic mass is 32.2. The number of carbonyl (C=O) groups excluding carboxylic acids is 2. The van der Waals surface area contributed by atoms with Gasteiger partial charge in [-0.2, -0.15) is 0 Å². The normalized spacial score (nSPS) is 18.2. The Labute approximate surface area is 205 Å². The summed E-state index contributed by atoms with van der Waals surface area (Å²) in [5.41, 5.74) is 3.62. The van der Waals surface area contributed by atoms with E-state index in [2.05, 4.69) is 17.6 Å². The summed E-state index contributed by atoms with van der Waals surface area (Å²) >= 11 is 1.45. The van der Waals surface area contributed by atoms with Gasteiger partial charge in [-0.3, -0.25) is 14.4 Å². The first-order valence-corrected chi connectivity index (χ1v) is 12.6. The number of amides is 2. The molecule has 6 nitrogen and oxygen atoms in total. The van der Waals surface area contributed by atoms with Gasteiger partial charge in [-0.15, -0.1) is 11.8 Å². The maximum absolute atomic E-state index is 13.1. The fourth-order valence-electron chi connectivity index (χ4n) is 4.15. The number of nitrogens with one attached hydrogen (secondary N) is 2. The van der Waals surface area contributed by atoms with Crippen molar-refractivity contribution in [2.24, 2.45) is 11.8 Å². The number of carbonyl (C=O) groups is 3. The minimum atomic E-state index is -0.953. The van der Waals surface area contributed by atoms with Crippen molar-refractivity contribution < 1.29 is 19.5 Å². The Bertz CT molecular complexity index is 1080. The summed E-state index contributed by atoms with van der Waals surface area (Å²) in [6.07, 6.45) is 5.93. The molecule has 2 amide bonds. The maximum Gasteiger partial charge on any atom is 0.307 e. The molecule has 3 atom stereocenters. The molecular weight excluding hydrogens is 448 g/mol. The predicted molar refractivity (Wildman–Crippen MR) is 137 cm³/mol. The van der Waals surface area contributed by atoms with Gasteiger partial charge in [-0.25, -0.2) is 0 Å². The molecule has 3 unspecified atom stereocenters. The topological polar surface area (TPSA) is 95.5 Å². The molecule has 0 fully saturated rings. The summed E-state index contributed by atoms with van der Waals surface area (Å²) in [7, 11) is 0. The number of hydrogen-bond acceptors (Lipinski definition) is 4. The molecule has 1 aliphatic rings. The zero-order valence-electron chi connectivity index (χ0n) is 19.8. The Morgan fingerprint density at radius 3 is 2.41 bits per heavy atom. The average molecular weight is 481 g/mol. The van der Waals surface area contributed by atoms with E-state index in [4.69, 9.17) is 0 Å². The van der Waals surface area contributed by atoms with E-state index in [1.807, 2.05) is 62.4 Å². The summed E-state index contributed by atoms with van der Waals surface area (Å²) in [6, 6.07) is 13.4. The van der Waals surface area contributed by atoms with Gasteiger partial charge in [0.25, 0.3) is 0 Å². The van der Waals surface area contributed by atoms with Gasteiger partial charge in [-0.05, 0) is 61.9 Å². The number of carboxylic acid groups (broad SMARTS) is 1. The lowest BCUT2D eigenvalue weighted by Crippen LogP contribution is -2.34. The van der Waals surface area contributed by atoms with Gasteiger partial charge < -0.3 is 15.7 Å². The van der Waals surface area contributed by atoms with E-state index in [9.17, 15) is 19.5 Å². The zero-order valence-corrected chi connectivity index (χ0v) is 20.7. The van der Waals surface area contributed by atoms with Crippen molar-refractivity contribution in [3.63, 3.8) is 0 Å². The van der Waals surface area contributed by atoms with Crippen LogP contribution in [0.2, 0.25) is 0 Å². The second kappa shape index (κ2) is 11.9. The third-order valence-corrected chi connectivity index (χ3v) is 7.48. The van der Waals surface area contributed by atoms with Crippen LogP contribution in [0.4, 0.5) is 11.4 Å². The van der Waals surface area contributed by atoms with Crippen LogP contribution in [0.15, 0.2) is 59.5 Å². The number of aliphatic carboxylic acids is 1. The van der Waals surface area contributed by atoms with Gasteiger partial charge in [0, 0.05) is 16.3 Å². The number of aryl methyl sites for hydroxylation is 2. The van der Waals surface area contributed by atoms with E-state index in [0.29, 0.717) is 24.9 Å². The molecule has 0 aliphatic heterocycles. The zero-order chi connectivity index (χ0) is 24.7. The number of anilines is 2. The van der Waals surface area contributed by atoms with Gasteiger partial charge in [0.2, 0.25) is 11.8 Å². The second-order valence-corrected chi connectivity index (χ2v) is 9.75. The molecule has 3 N–H and O–H groups in total. The molecule has 0 bridgehead atoms.